The first-order valence-corrected chi connectivity index (χ1v) is 24.2. The molecule has 0 aliphatic carbocycles. The molecular formula is C54H48BrF12N3O13. The second-order valence-corrected chi connectivity index (χ2v) is 17.3. The minimum Gasteiger partial charge on any atom is -0.508 e. The number of hydrogen-bond acceptors (Lipinski definition) is 14. The van der Waals surface area contributed by atoms with Crippen molar-refractivity contribution in [1.82, 2.24) is 15.2 Å². The number of aliphatic carboxylic acids is 1. The third-order valence-corrected chi connectivity index (χ3v) is 11.6. The second kappa shape index (κ2) is 29.4. The molecule has 0 unspecified atom stereocenters. The summed E-state index contributed by atoms with van der Waals surface area (Å²) in [6, 6.07) is 30.5. The number of cyclic esters (lactones) is 1. The van der Waals surface area contributed by atoms with Crippen LogP contribution in [0.15, 0.2) is 149 Å². The van der Waals surface area contributed by atoms with Gasteiger partial charge in [0, 0.05) is 35.7 Å². The fraction of sp³-hybridized carbons (Fsp3) is 0.278. The minimum atomic E-state index is -5.24. The number of benzene rings is 5. The molecule has 0 saturated carbocycles. The summed E-state index contributed by atoms with van der Waals surface area (Å²) in [5.74, 6) is -6.42. The smallest absolute Gasteiger partial charge is 0.508 e. The van der Waals surface area contributed by atoms with Gasteiger partial charge in [-0.3, -0.25) is 9.59 Å². The van der Waals surface area contributed by atoms with E-state index >= 15 is 0 Å². The molecule has 16 nitrogen and oxygen atoms in total. The van der Waals surface area contributed by atoms with Gasteiger partial charge in [-0.15, -0.1) is 52.7 Å². The highest BCUT2D eigenvalue weighted by atomic mass is 79.9. The van der Waals surface area contributed by atoms with Crippen molar-refractivity contribution in [2.24, 2.45) is 0 Å². The predicted octanol–water partition coefficient (Wildman–Crippen LogP) is 14.8. The van der Waals surface area contributed by atoms with Gasteiger partial charge in [-0.25, -0.2) is 9.69 Å². The number of aromatic hydroxyl groups is 1. The SMILES string of the molecule is C.C.FC(F)(F)Oc1ccc(CBr)cc1OC(F)(F)F.O=C(C[C@@H](c1ccc(O)cc1)c1ccon1)N1C(=O)OC[C@@H]1Cc1ccccc1.O=C(O)C[C@@H](c1ccc(OCc2ccc(OC(F)(F)F)c(OC(F)(F)F)c2)cc1)c1ccon1. The highest BCUT2D eigenvalue weighted by Gasteiger charge is 2.40. The Kier molecular flexibility index (Phi) is 23.7. The number of imide groups is 1. The van der Waals surface area contributed by atoms with E-state index in [0.717, 1.165) is 35.4 Å². The van der Waals surface area contributed by atoms with Crippen LogP contribution in [-0.4, -0.2) is 81.5 Å². The molecule has 2 amide bonds. The molecule has 0 bridgehead atoms. The van der Waals surface area contributed by atoms with Gasteiger partial charge in [0.1, 0.15) is 37.2 Å². The van der Waals surface area contributed by atoms with Gasteiger partial charge in [0.05, 0.1) is 23.9 Å². The number of halogens is 13. The Labute approximate surface area is 472 Å². The summed E-state index contributed by atoms with van der Waals surface area (Å²) >= 11 is 2.96. The molecule has 1 aliphatic heterocycles. The number of amides is 2. The number of ether oxygens (including phenoxy) is 6. The van der Waals surface area contributed by atoms with Crippen molar-refractivity contribution in [1.29, 1.82) is 0 Å². The normalized spacial score (nSPS) is 13.9. The van der Waals surface area contributed by atoms with Crippen LogP contribution in [0.25, 0.3) is 0 Å². The van der Waals surface area contributed by atoms with Crippen LogP contribution in [0.4, 0.5) is 57.5 Å². The number of alkyl halides is 13. The molecule has 448 valence electrons. The number of rotatable bonds is 18. The Hall–Kier alpha value is -8.63. The van der Waals surface area contributed by atoms with Crippen LogP contribution in [-0.2, 0) is 32.7 Å². The van der Waals surface area contributed by atoms with Crippen molar-refractivity contribution in [3.8, 4) is 34.5 Å². The lowest BCUT2D eigenvalue weighted by atomic mass is 9.91. The fourth-order valence-corrected chi connectivity index (χ4v) is 7.96. The van der Waals surface area contributed by atoms with E-state index in [0.29, 0.717) is 35.0 Å². The molecule has 0 spiro atoms. The van der Waals surface area contributed by atoms with E-state index in [1.807, 2.05) is 30.3 Å². The van der Waals surface area contributed by atoms with Gasteiger partial charge in [0.2, 0.25) is 5.91 Å². The monoisotopic (exact) mass is 1250 g/mol. The third-order valence-electron chi connectivity index (χ3n) is 11.0. The molecule has 3 heterocycles. The average Bonchev–Trinajstić information content (AvgIpc) is 4.37. The number of aromatic nitrogens is 2. The van der Waals surface area contributed by atoms with Crippen molar-refractivity contribution in [3.63, 3.8) is 0 Å². The second-order valence-electron chi connectivity index (χ2n) is 16.8. The van der Waals surface area contributed by atoms with Crippen LogP contribution >= 0.6 is 15.9 Å². The molecule has 0 radical (unpaired) electrons. The van der Waals surface area contributed by atoms with E-state index in [9.17, 15) is 72.2 Å². The lowest BCUT2D eigenvalue weighted by Gasteiger charge is -2.22. The van der Waals surface area contributed by atoms with E-state index < -0.39 is 72.3 Å². The van der Waals surface area contributed by atoms with Gasteiger partial charge in [0.25, 0.3) is 0 Å². The summed E-state index contributed by atoms with van der Waals surface area (Å²) in [4.78, 5) is 37.8. The Balaban J connectivity index is 0.000000276. The molecule has 1 aliphatic rings. The molecule has 29 heteroatoms. The van der Waals surface area contributed by atoms with Crippen molar-refractivity contribution >= 4 is 33.9 Å². The van der Waals surface area contributed by atoms with E-state index in [1.54, 1.807) is 42.5 Å². The maximum absolute atomic E-state index is 13.1. The van der Waals surface area contributed by atoms with Gasteiger partial charge in [-0.05, 0) is 82.8 Å². The lowest BCUT2D eigenvalue weighted by Crippen LogP contribution is -2.40. The fourth-order valence-electron chi connectivity index (χ4n) is 7.61. The van der Waals surface area contributed by atoms with Gasteiger partial charge in [0.15, 0.2) is 23.0 Å². The van der Waals surface area contributed by atoms with Crippen LogP contribution in [0.2, 0.25) is 0 Å². The summed E-state index contributed by atoms with van der Waals surface area (Å²) in [5.41, 5.74) is 3.79. The molecule has 7 aromatic rings. The van der Waals surface area contributed by atoms with Crippen molar-refractivity contribution in [2.45, 2.75) is 89.4 Å². The predicted molar refractivity (Wildman–Crippen MR) is 270 cm³/mol. The number of carboxylic acids is 1. The highest BCUT2D eigenvalue weighted by Crippen LogP contribution is 2.39. The van der Waals surface area contributed by atoms with Gasteiger partial charge >= 0.3 is 37.5 Å². The topological polar surface area (TPSA) is 202 Å². The molecule has 3 atom stereocenters. The number of phenolic OH excluding ortho intramolecular Hbond substituents is 1. The van der Waals surface area contributed by atoms with Gasteiger partial charge in [-0.2, -0.15) is 0 Å². The van der Waals surface area contributed by atoms with E-state index in [-0.39, 0.29) is 75.3 Å². The Bertz CT molecular complexity index is 3130. The highest BCUT2D eigenvalue weighted by molar-refractivity contribution is 9.08. The summed E-state index contributed by atoms with van der Waals surface area (Å²) < 4.78 is 182. The van der Waals surface area contributed by atoms with Crippen LogP contribution < -0.4 is 23.7 Å². The number of hydrogen-bond donors (Lipinski definition) is 2. The van der Waals surface area contributed by atoms with E-state index in [1.165, 1.54) is 41.7 Å². The van der Waals surface area contributed by atoms with Crippen LogP contribution in [0.3, 0.4) is 0 Å². The van der Waals surface area contributed by atoms with Crippen LogP contribution in [0.1, 0.15) is 78.7 Å². The van der Waals surface area contributed by atoms with Crippen molar-refractivity contribution in [2.75, 3.05) is 6.61 Å². The molecule has 1 saturated heterocycles. The third kappa shape index (κ3) is 21.7. The number of carboxylic acid groups (broad SMARTS) is 1. The van der Waals surface area contributed by atoms with Crippen molar-refractivity contribution < 1.29 is 115 Å². The zero-order valence-electron chi connectivity index (χ0n) is 40.9. The van der Waals surface area contributed by atoms with Crippen LogP contribution in [0, 0.1) is 0 Å². The summed E-state index contributed by atoms with van der Waals surface area (Å²) in [6.45, 7) is -0.130. The zero-order chi connectivity index (χ0) is 59.1. The van der Waals surface area contributed by atoms with E-state index in [2.05, 4.69) is 45.2 Å². The van der Waals surface area contributed by atoms with Gasteiger partial charge < -0.3 is 47.7 Å². The Morgan fingerprint density at radius 3 is 1.52 bits per heavy atom. The minimum absolute atomic E-state index is 0. The first-order valence-electron chi connectivity index (χ1n) is 23.0. The largest absolute Gasteiger partial charge is 0.573 e. The molecule has 1 fully saturated rings. The average molecular weight is 1250 g/mol. The first-order chi connectivity index (χ1) is 38.1. The lowest BCUT2D eigenvalue weighted by molar-refractivity contribution is -0.287. The standard InChI is InChI=1S/C22H20N2O5.C21H15F6NO6.C9H5BrF6O2.2CH4/c25-18-8-6-16(7-9-18)19(20-10-11-29-23-20)13-21(26)24-17(14-28-22(24)27)12-15-4-2-1-3-5-15;22-20(23,24)33-17-6-1-12(9-18(17)34-21(25,26)27)11-31-14-4-2-13(3-5-14)15(10-19(29)30)16-7-8-32-28-16;10-4-5-1-2-6(17-8(11,12)13)7(3-5)18-9(14,15)16;;/h1-11,17,19,25H,12-14H2;1-9,15H,10-11H2,(H,29,30);1-3H,4H2;2*1H4/t17-,19-;15-;;;/m00.../s1. The molecule has 2 N–H and O–H groups in total. The molecular weight excluding hydrogens is 1210 g/mol. The maximum atomic E-state index is 13.1. The number of phenols is 1. The molecule has 83 heavy (non-hydrogen) atoms. The number of carbonyl (C=O) groups excluding carboxylic acids is 2. The molecule has 2 aromatic heterocycles. The van der Waals surface area contributed by atoms with Crippen LogP contribution in [0.5, 0.6) is 34.5 Å². The number of nitrogens with zero attached hydrogens (tertiary/aromatic N) is 3. The van der Waals surface area contributed by atoms with Gasteiger partial charge in [-0.1, -0.05) is 108 Å². The van der Waals surface area contributed by atoms with Crippen molar-refractivity contribution in [3.05, 3.63) is 179 Å². The quantitative estimate of drug-likeness (QED) is 0.0606. The zero-order valence-corrected chi connectivity index (χ0v) is 42.5. The summed E-state index contributed by atoms with van der Waals surface area (Å²) in [6.07, 6.45) is -18.2. The molecule has 8 rings (SSSR count). The maximum Gasteiger partial charge on any atom is 0.573 e. The first kappa shape index (κ1) is 66.9. The Morgan fingerprint density at radius 1 is 0.602 bits per heavy atom. The molecule has 5 aromatic carbocycles. The number of carbonyl (C=O) groups is 3. The Morgan fingerprint density at radius 2 is 1.06 bits per heavy atom. The summed E-state index contributed by atoms with van der Waals surface area (Å²) in [5, 5.41) is 26.6. The summed E-state index contributed by atoms with van der Waals surface area (Å²) in [7, 11) is 0. The van der Waals surface area contributed by atoms with E-state index in [4.69, 9.17) is 23.6 Å².